The molecule has 0 radical (unpaired) electrons. The van der Waals surface area contributed by atoms with E-state index in [9.17, 15) is 13.2 Å². The lowest BCUT2D eigenvalue weighted by atomic mass is 10.2. The van der Waals surface area contributed by atoms with Crippen molar-refractivity contribution < 1.29 is 13.2 Å². The Morgan fingerprint density at radius 1 is 1.41 bits per heavy atom. The number of carbonyl (C=O) groups is 1. The molecule has 0 bridgehead atoms. The van der Waals surface area contributed by atoms with Crippen molar-refractivity contribution >= 4 is 21.6 Å². The molecule has 1 aliphatic rings. The minimum Gasteiger partial charge on any atom is -0.350 e. The number of sulfonamides is 1. The second-order valence-corrected chi connectivity index (χ2v) is 7.47. The molecule has 1 aromatic rings. The molecule has 0 saturated carbocycles. The lowest BCUT2D eigenvalue weighted by Gasteiger charge is -2.18. The monoisotopic (exact) mass is 325 g/mol. The van der Waals surface area contributed by atoms with Gasteiger partial charge < -0.3 is 10.6 Å². The largest absolute Gasteiger partial charge is 0.350 e. The van der Waals surface area contributed by atoms with E-state index in [-0.39, 0.29) is 17.7 Å². The third kappa shape index (κ3) is 3.98. The van der Waals surface area contributed by atoms with Crippen LogP contribution in [0.2, 0.25) is 0 Å². The fraction of sp³-hybridized carbons (Fsp3) is 0.533. The van der Waals surface area contributed by atoms with E-state index < -0.39 is 10.0 Å². The van der Waals surface area contributed by atoms with Crippen LogP contribution in [0.5, 0.6) is 0 Å². The molecule has 1 amide bonds. The number of nitrogens with one attached hydrogen (secondary N) is 2. The van der Waals surface area contributed by atoms with Crippen molar-refractivity contribution in [1.82, 2.24) is 10.6 Å². The van der Waals surface area contributed by atoms with Crippen LogP contribution in [0.25, 0.3) is 0 Å². The van der Waals surface area contributed by atoms with Crippen LogP contribution in [-0.2, 0) is 10.0 Å². The van der Waals surface area contributed by atoms with Crippen LogP contribution < -0.4 is 14.9 Å². The maximum atomic E-state index is 12.2. The Morgan fingerprint density at radius 2 is 2.18 bits per heavy atom. The van der Waals surface area contributed by atoms with Crippen molar-refractivity contribution in [2.24, 2.45) is 0 Å². The fourth-order valence-electron chi connectivity index (χ4n) is 2.50. The average molecular weight is 325 g/mol. The molecule has 1 aliphatic heterocycles. The lowest BCUT2D eigenvalue weighted by molar-refractivity contribution is 0.0950. The number of nitrogens with zero attached hydrogens (tertiary/aromatic N) is 1. The molecule has 1 atom stereocenters. The Balaban J connectivity index is 2.07. The first kappa shape index (κ1) is 16.8. The van der Waals surface area contributed by atoms with Crippen LogP contribution in [0, 0.1) is 0 Å². The van der Waals surface area contributed by atoms with Crippen LogP contribution in [0.15, 0.2) is 24.3 Å². The first-order valence-corrected chi connectivity index (χ1v) is 9.17. The summed E-state index contributed by atoms with van der Waals surface area (Å²) < 4.78 is 25.3. The third-order valence-electron chi connectivity index (χ3n) is 3.62. The van der Waals surface area contributed by atoms with E-state index in [2.05, 4.69) is 10.6 Å². The van der Waals surface area contributed by atoms with E-state index in [0.717, 1.165) is 6.54 Å². The van der Waals surface area contributed by atoms with Crippen molar-refractivity contribution in [1.29, 1.82) is 0 Å². The summed E-state index contributed by atoms with van der Waals surface area (Å²) in [6.45, 7) is 5.86. The van der Waals surface area contributed by atoms with Gasteiger partial charge in [-0.05, 0) is 38.1 Å². The van der Waals surface area contributed by atoms with Crippen LogP contribution >= 0.6 is 0 Å². The van der Waals surface area contributed by atoms with Gasteiger partial charge >= 0.3 is 0 Å². The highest BCUT2D eigenvalue weighted by molar-refractivity contribution is 7.93. The molecule has 0 unspecified atom stereocenters. The molecule has 0 aliphatic carbocycles. The first-order chi connectivity index (χ1) is 10.4. The maximum Gasteiger partial charge on any atom is 0.251 e. The van der Waals surface area contributed by atoms with E-state index in [4.69, 9.17) is 0 Å². The number of rotatable bonds is 6. The first-order valence-electron chi connectivity index (χ1n) is 7.56. The highest BCUT2D eigenvalue weighted by Gasteiger charge is 2.28. The normalized spacial score (nSPS) is 18.2. The summed E-state index contributed by atoms with van der Waals surface area (Å²) >= 11 is 0. The Hall–Kier alpha value is -1.60. The molecule has 0 aromatic heterocycles. The zero-order valence-corrected chi connectivity index (χ0v) is 13.8. The minimum atomic E-state index is -3.22. The van der Waals surface area contributed by atoms with E-state index in [0.29, 0.717) is 30.8 Å². The second kappa shape index (κ2) is 7.11. The summed E-state index contributed by atoms with van der Waals surface area (Å²) in [4.78, 5) is 12.2. The molecule has 6 nitrogen and oxygen atoms in total. The number of hydrogen-bond acceptors (Lipinski definition) is 4. The van der Waals surface area contributed by atoms with Crippen LogP contribution in [0.1, 0.15) is 30.6 Å². The van der Waals surface area contributed by atoms with Gasteiger partial charge in [0.05, 0.1) is 11.4 Å². The van der Waals surface area contributed by atoms with E-state index in [1.807, 2.05) is 13.8 Å². The standard InChI is InChI=1S/C15H23N3O3S/c1-3-16-12(2)11-17-15(19)13-6-4-7-14(10-13)18-8-5-9-22(18,20)21/h4,6-7,10,12,16H,3,5,8-9,11H2,1-2H3,(H,17,19)/t12-/m1/s1. The highest BCUT2D eigenvalue weighted by atomic mass is 32.2. The molecular weight excluding hydrogens is 302 g/mol. The van der Waals surface area contributed by atoms with Gasteiger partial charge in [0, 0.05) is 24.7 Å². The van der Waals surface area contributed by atoms with Gasteiger partial charge in [-0.1, -0.05) is 13.0 Å². The van der Waals surface area contributed by atoms with Gasteiger partial charge in [0.15, 0.2) is 0 Å². The Kier molecular flexibility index (Phi) is 5.42. The molecule has 1 aromatic carbocycles. The van der Waals surface area contributed by atoms with Crippen molar-refractivity contribution in [3.05, 3.63) is 29.8 Å². The Bertz CT molecular complexity index is 631. The number of hydrogen-bond donors (Lipinski definition) is 2. The SMILES string of the molecule is CCN[C@H](C)CNC(=O)c1cccc(N2CCCS2(=O)=O)c1. The van der Waals surface area contributed by atoms with Gasteiger partial charge in [-0.3, -0.25) is 9.10 Å². The summed E-state index contributed by atoms with van der Waals surface area (Å²) in [5.74, 6) is -0.0212. The van der Waals surface area contributed by atoms with Gasteiger partial charge in [-0.25, -0.2) is 8.42 Å². The summed E-state index contributed by atoms with van der Waals surface area (Å²) in [6, 6.07) is 6.96. The minimum absolute atomic E-state index is 0.170. The molecule has 2 rings (SSSR count). The van der Waals surface area contributed by atoms with E-state index >= 15 is 0 Å². The molecule has 1 saturated heterocycles. The number of anilines is 1. The summed E-state index contributed by atoms with van der Waals surface area (Å²) in [7, 11) is -3.22. The van der Waals surface area contributed by atoms with Gasteiger partial charge in [-0.2, -0.15) is 0 Å². The molecule has 122 valence electrons. The average Bonchev–Trinajstić information content (AvgIpc) is 2.84. The van der Waals surface area contributed by atoms with Gasteiger partial charge in [0.2, 0.25) is 10.0 Å². The zero-order valence-electron chi connectivity index (χ0n) is 13.0. The summed E-state index contributed by atoms with van der Waals surface area (Å²) in [5.41, 5.74) is 1.04. The lowest BCUT2D eigenvalue weighted by Crippen LogP contribution is -2.38. The zero-order chi connectivity index (χ0) is 16.2. The number of benzene rings is 1. The molecule has 0 spiro atoms. The second-order valence-electron chi connectivity index (χ2n) is 5.46. The van der Waals surface area contributed by atoms with Gasteiger partial charge in [-0.15, -0.1) is 0 Å². The van der Waals surface area contributed by atoms with E-state index in [1.165, 1.54) is 4.31 Å². The summed E-state index contributed by atoms with van der Waals surface area (Å²) in [6.07, 6.45) is 0.624. The summed E-state index contributed by atoms with van der Waals surface area (Å²) in [5, 5.41) is 6.07. The molecule has 2 N–H and O–H groups in total. The number of likely N-dealkylation sites (N-methyl/N-ethyl adjacent to an activating group) is 1. The van der Waals surface area contributed by atoms with Crippen molar-refractivity contribution in [3.63, 3.8) is 0 Å². The van der Waals surface area contributed by atoms with Crippen molar-refractivity contribution in [2.45, 2.75) is 26.3 Å². The van der Waals surface area contributed by atoms with Crippen molar-refractivity contribution in [2.75, 3.05) is 29.7 Å². The quantitative estimate of drug-likeness (QED) is 0.816. The molecule has 22 heavy (non-hydrogen) atoms. The van der Waals surface area contributed by atoms with Gasteiger partial charge in [0.1, 0.15) is 0 Å². The Morgan fingerprint density at radius 3 is 2.82 bits per heavy atom. The third-order valence-corrected chi connectivity index (χ3v) is 5.49. The Labute approximate surface area is 131 Å². The number of amides is 1. The van der Waals surface area contributed by atoms with Crippen LogP contribution in [-0.4, -0.2) is 45.8 Å². The van der Waals surface area contributed by atoms with Crippen molar-refractivity contribution in [3.8, 4) is 0 Å². The number of carbonyl (C=O) groups excluding carboxylic acids is 1. The van der Waals surface area contributed by atoms with E-state index in [1.54, 1.807) is 24.3 Å². The topological polar surface area (TPSA) is 78.5 Å². The van der Waals surface area contributed by atoms with Crippen LogP contribution in [0.4, 0.5) is 5.69 Å². The predicted octanol–water partition coefficient (Wildman–Crippen LogP) is 0.954. The smallest absolute Gasteiger partial charge is 0.251 e. The predicted molar refractivity (Wildman–Crippen MR) is 87.7 cm³/mol. The molecule has 7 heteroatoms. The van der Waals surface area contributed by atoms with Crippen LogP contribution in [0.3, 0.4) is 0 Å². The maximum absolute atomic E-state index is 12.2. The molecule has 1 fully saturated rings. The fourth-order valence-corrected chi connectivity index (χ4v) is 4.06. The highest BCUT2D eigenvalue weighted by Crippen LogP contribution is 2.24. The molecule has 1 heterocycles. The van der Waals surface area contributed by atoms with Gasteiger partial charge in [0.25, 0.3) is 5.91 Å². The molecular formula is C15H23N3O3S.